The number of benzene rings is 2. The van der Waals surface area contributed by atoms with Gasteiger partial charge >= 0.3 is 0 Å². The Hall–Kier alpha value is -4.07. The first kappa shape index (κ1) is 19.7. The monoisotopic (exact) mass is 389 g/mol. The van der Waals surface area contributed by atoms with Gasteiger partial charge < -0.3 is 16.0 Å². The number of hydrogen-bond acceptors (Lipinski definition) is 6. The molecule has 1 heterocycles. The number of carbonyl (C=O) groups excluding carboxylic acids is 3. The molecule has 0 spiro atoms. The summed E-state index contributed by atoms with van der Waals surface area (Å²) in [5, 5.41) is 16.4. The SMILES string of the molecule is CC(=O)Nc1cccc(Nc2ccc(C(=O)Nc3cccc(C(C)=O)c3)nn2)c1. The van der Waals surface area contributed by atoms with Crippen molar-refractivity contribution in [1.82, 2.24) is 10.2 Å². The first-order valence-electron chi connectivity index (χ1n) is 8.81. The molecule has 0 saturated heterocycles. The van der Waals surface area contributed by atoms with E-state index in [0.29, 0.717) is 28.4 Å². The van der Waals surface area contributed by atoms with Crippen molar-refractivity contribution >= 4 is 40.5 Å². The molecule has 0 radical (unpaired) electrons. The summed E-state index contributed by atoms with van der Waals surface area (Å²) in [7, 11) is 0. The molecule has 0 aliphatic rings. The molecule has 0 aliphatic heterocycles. The molecular formula is C21H19N5O3. The summed E-state index contributed by atoms with van der Waals surface area (Å²) >= 11 is 0. The minimum absolute atomic E-state index is 0.0844. The summed E-state index contributed by atoms with van der Waals surface area (Å²) < 4.78 is 0. The predicted octanol–water partition coefficient (Wildman–Crippen LogP) is 3.63. The highest BCUT2D eigenvalue weighted by molar-refractivity contribution is 6.03. The Balaban J connectivity index is 1.67. The molecular weight excluding hydrogens is 370 g/mol. The predicted molar refractivity (Wildman–Crippen MR) is 110 cm³/mol. The maximum atomic E-state index is 12.4. The summed E-state index contributed by atoms with van der Waals surface area (Å²) in [6.45, 7) is 2.90. The van der Waals surface area contributed by atoms with E-state index in [-0.39, 0.29) is 17.4 Å². The molecule has 2 aromatic carbocycles. The number of Topliss-reactive ketones (excluding diaryl/α,β-unsaturated/α-hetero) is 1. The summed E-state index contributed by atoms with van der Waals surface area (Å²) in [4.78, 5) is 35.0. The Morgan fingerprint density at radius 3 is 2.10 bits per heavy atom. The zero-order valence-electron chi connectivity index (χ0n) is 15.9. The van der Waals surface area contributed by atoms with E-state index in [1.54, 1.807) is 48.5 Å². The van der Waals surface area contributed by atoms with Gasteiger partial charge in [0.25, 0.3) is 5.91 Å². The van der Waals surface area contributed by atoms with E-state index in [1.165, 1.54) is 19.9 Å². The average molecular weight is 389 g/mol. The highest BCUT2D eigenvalue weighted by atomic mass is 16.2. The summed E-state index contributed by atoms with van der Waals surface area (Å²) in [6.07, 6.45) is 0. The number of ketones is 1. The molecule has 0 aliphatic carbocycles. The number of hydrogen-bond donors (Lipinski definition) is 3. The van der Waals surface area contributed by atoms with Crippen molar-refractivity contribution in [3.8, 4) is 0 Å². The van der Waals surface area contributed by atoms with Crippen molar-refractivity contribution in [2.24, 2.45) is 0 Å². The van der Waals surface area contributed by atoms with Crippen molar-refractivity contribution in [3.63, 3.8) is 0 Å². The van der Waals surface area contributed by atoms with Gasteiger partial charge in [-0.1, -0.05) is 18.2 Å². The molecule has 29 heavy (non-hydrogen) atoms. The van der Waals surface area contributed by atoms with E-state index >= 15 is 0 Å². The number of aromatic nitrogens is 2. The zero-order chi connectivity index (χ0) is 20.8. The number of nitrogens with zero attached hydrogens (tertiary/aromatic N) is 2. The van der Waals surface area contributed by atoms with Crippen LogP contribution in [0.4, 0.5) is 22.9 Å². The minimum Gasteiger partial charge on any atom is -0.339 e. The van der Waals surface area contributed by atoms with E-state index in [2.05, 4.69) is 26.1 Å². The van der Waals surface area contributed by atoms with Crippen molar-refractivity contribution in [3.05, 3.63) is 71.9 Å². The van der Waals surface area contributed by atoms with Crippen LogP contribution in [0.2, 0.25) is 0 Å². The third-order valence-electron chi connectivity index (χ3n) is 3.88. The van der Waals surface area contributed by atoms with Crippen molar-refractivity contribution in [2.45, 2.75) is 13.8 Å². The van der Waals surface area contributed by atoms with Gasteiger partial charge in [0.15, 0.2) is 17.3 Å². The lowest BCUT2D eigenvalue weighted by atomic mass is 10.1. The Morgan fingerprint density at radius 2 is 1.45 bits per heavy atom. The van der Waals surface area contributed by atoms with Gasteiger partial charge in [-0.2, -0.15) is 0 Å². The highest BCUT2D eigenvalue weighted by Crippen LogP contribution is 2.19. The number of nitrogens with one attached hydrogen (secondary N) is 3. The van der Waals surface area contributed by atoms with Crippen LogP contribution in [0, 0.1) is 0 Å². The van der Waals surface area contributed by atoms with Crippen LogP contribution in [0.3, 0.4) is 0 Å². The molecule has 3 rings (SSSR count). The second-order valence-electron chi connectivity index (χ2n) is 6.28. The van der Waals surface area contributed by atoms with E-state index < -0.39 is 5.91 Å². The molecule has 8 nitrogen and oxygen atoms in total. The summed E-state index contributed by atoms with van der Waals surface area (Å²) in [5.41, 5.74) is 2.51. The lowest BCUT2D eigenvalue weighted by Gasteiger charge is -2.09. The molecule has 1 aromatic heterocycles. The Morgan fingerprint density at radius 1 is 0.759 bits per heavy atom. The summed E-state index contributed by atoms with van der Waals surface area (Å²) in [6, 6.07) is 17.0. The van der Waals surface area contributed by atoms with Crippen LogP contribution in [-0.4, -0.2) is 27.8 Å². The molecule has 146 valence electrons. The summed E-state index contributed by atoms with van der Waals surface area (Å²) in [5.74, 6) is -0.234. The molecule has 0 fully saturated rings. The lowest BCUT2D eigenvalue weighted by molar-refractivity contribution is -0.114. The standard InChI is InChI=1S/C21H19N5O3/c1-13(27)15-5-3-6-16(11-15)24-21(29)19-9-10-20(26-25-19)23-18-8-4-7-17(12-18)22-14(2)28/h3-12H,1-2H3,(H,22,28)(H,23,26)(H,24,29). The molecule has 3 N–H and O–H groups in total. The smallest absolute Gasteiger partial charge is 0.276 e. The Kier molecular flexibility index (Phi) is 5.94. The topological polar surface area (TPSA) is 113 Å². The number of rotatable bonds is 6. The third-order valence-corrected chi connectivity index (χ3v) is 3.88. The fraction of sp³-hybridized carbons (Fsp3) is 0.0952. The third kappa shape index (κ3) is 5.46. The van der Waals surface area contributed by atoms with E-state index in [4.69, 9.17) is 0 Å². The van der Waals surface area contributed by atoms with E-state index in [9.17, 15) is 14.4 Å². The molecule has 2 amide bonds. The maximum Gasteiger partial charge on any atom is 0.276 e. The van der Waals surface area contributed by atoms with E-state index in [1.807, 2.05) is 6.07 Å². The van der Waals surface area contributed by atoms with Gasteiger partial charge in [-0.15, -0.1) is 10.2 Å². The van der Waals surface area contributed by atoms with Crippen molar-refractivity contribution in [1.29, 1.82) is 0 Å². The van der Waals surface area contributed by atoms with Crippen LogP contribution in [-0.2, 0) is 4.79 Å². The lowest BCUT2D eigenvalue weighted by Crippen LogP contribution is -2.15. The Bertz CT molecular complexity index is 1060. The van der Waals surface area contributed by atoms with Gasteiger partial charge in [0.1, 0.15) is 0 Å². The van der Waals surface area contributed by atoms with E-state index in [0.717, 1.165) is 0 Å². The number of amides is 2. The second-order valence-corrected chi connectivity index (χ2v) is 6.28. The quantitative estimate of drug-likeness (QED) is 0.555. The number of anilines is 4. The van der Waals surface area contributed by atoms with Gasteiger partial charge in [0.05, 0.1) is 0 Å². The second kappa shape index (κ2) is 8.75. The minimum atomic E-state index is -0.433. The molecule has 0 bridgehead atoms. The first-order valence-corrected chi connectivity index (χ1v) is 8.81. The first-order chi connectivity index (χ1) is 13.9. The molecule has 3 aromatic rings. The van der Waals surface area contributed by atoms with Crippen LogP contribution in [0.15, 0.2) is 60.7 Å². The highest BCUT2D eigenvalue weighted by Gasteiger charge is 2.10. The van der Waals surface area contributed by atoms with Crippen LogP contribution in [0.5, 0.6) is 0 Å². The fourth-order valence-corrected chi connectivity index (χ4v) is 2.56. The molecule has 0 atom stereocenters. The van der Waals surface area contributed by atoms with Crippen molar-refractivity contribution in [2.75, 3.05) is 16.0 Å². The van der Waals surface area contributed by atoms with Gasteiger partial charge in [0, 0.05) is 29.5 Å². The van der Waals surface area contributed by atoms with Crippen LogP contribution < -0.4 is 16.0 Å². The van der Waals surface area contributed by atoms with Gasteiger partial charge in [-0.25, -0.2) is 0 Å². The zero-order valence-corrected chi connectivity index (χ0v) is 15.9. The largest absolute Gasteiger partial charge is 0.339 e. The average Bonchev–Trinajstić information content (AvgIpc) is 2.68. The van der Waals surface area contributed by atoms with Crippen LogP contribution >= 0.6 is 0 Å². The van der Waals surface area contributed by atoms with Gasteiger partial charge in [0.2, 0.25) is 5.91 Å². The fourth-order valence-electron chi connectivity index (χ4n) is 2.56. The number of carbonyl (C=O) groups is 3. The Labute approximate surface area is 167 Å². The van der Waals surface area contributed by atoms with Crippen LogP contribution in [0.25, 0.3) is 0 Å². The normalized spacial score (nSPS) is 10.1. The maximum absolute atomic E-state index is 12.4. The molecule has 8 heteroatoms. The molecule has 0 saturated carbocycles. The molecule has 0 unspecified atom stereocenters. The van der Waals surface area contributed by atoms with Gasteiger partial charge in [-0.3, -0.25) is 14.4 Å². The van der Waals surface area contributed by atoms with Gasteiger partial charge in [-0.05, 0) is 49.4 Å². The van der Waals surface area contributed by atoms with Crippen molar-refractivity contribution < 1.29 is 14.4 Å². The van der Waals surface area contributed by atoms with Crippen LogP contribution in [0.1, 0.15) is 34.7 Å².